The van der Waals surface area contributed by atoms with E-state index in [1.54, 1.807) is 55.4 Å². The van der Waals surface area contributed by atoms with Gasteiger partial charge in [-0.3, -0.25) is 28.8 Å². The summed E-state index contributed by atoms with van der Waals surface area (Å²) in [6, 6.07) is 0. The van der Waals surface area contributed by atoms with Crippen molar-refractivity contribution in [1.82, 2.24) is 0 Å². The summed E-state index contributed by atoms with van der Waals surface area (Å²) in [5.74, 6) is -3.21. The Kier molecular flexibility index (Phi) is 20.1. The van der Waals surface area contributed by atoms with Crippen LogP contribution >= 0.6 is 0 Å². The lowest BCUT2D eigenvalue weighted by atomic mass is 10.2. The molecule has 0 aromatic rings. The van der Waals surface area contributed by atoms with E-state index in [4.69, 9.17) is 0 Å². The third-order valence-electron chi connectivity index (χ3n) is 2.75. The van der Waals surface area contributed by atoms with Crippen molar-refractivity contribution in [3.05, 3.63) is 0 Å². The quantitative estimate of drug-likeness (QED) is 0.363. The van der Waals surface area contributed by atoms with Crippen LogP contribution in [0.3, 0.4) is 0 Å². The van der Waals surface area contributed by atoms with E-state index >= 15 is 0 Å². The van der Waals surface area contributed by atoms with Gasteiger partial charge in [0.2, 0.25) is 0 Å². The Bertz CT molecular complexity index is 472. The first-order chi connectivity index (χ1) is 13.4. The van der Waals surface area contributed by atoms with Gasteiger partial charge in [0.05, 0.1) is 11.8 Å². The van der Waals surface area contributed by atoms with Gasteiger partial charge >= 0.3 is 35.8 Å². The van der Waals surface area contributed by atoms with Crippen LogP contribution in [-0.4, -0.2) is 35.8 Å². The van der Waals surface area contributed by atoms with Gasteiger partial charge < -0.3 is 14.2 Å². The Morgan fingerprint density at radius 2 is 0.690 bits per heavy atom. The first-order valence-electron chi connectivity index (χ1n) is 9.58. The summed E-state index contributed by atoms with van der Waals surface area (Å²) in [6.45, 7) is 13.3. The lowest BCUT2D eigenvalue weighted by Crippen LogP contribution is -2.20. The van der Waals surface area contributed by atoms with Crippen LogP contribution < -0.4 is 0 Å². The van der Waals surface area contributed by atoms with Crippen LogP contribution in [0.5, 0.6) is 0 Å². The van der Waals surface area contributed by atoms with Crippen molar-refractivity contribution < 1.29 is 43.0 Å². The molecular formula is C20H34O9. The zero-order valence-corrected chi connectivity index (χ0v) is 18.7. The summed E-state index contributed by atoms with van der Waals surface area (Å²) in [4.78, 5) is 63.0. The Morgan fingerprint density at radius 3 is 0.828 bits per heavy atom. The van der Waals surface area contributed by atoms with E-state index in [0.717, 1.165) is 0 Å². The summed E-state index contributed by atoms with van der Waals surface area (Å²) in [5.41, 5.74) is 0. The van der Waals surface area contributed by atoms with E-state index < -0.39 is 35.8 Å². The molecule has 29 heavy (non-hydrogen) atoms. The second kappa shape index (κ2) is 18.8. The number of esters is 6. The molecule has 0 unspecified atom stereocenters. The van der Waals surface area contributed by atoms with Gasteiger partial charge in [-0.1, -0.05) is 55.4 Å². The fourth-order valence-electron chi connectivity index (χ4n) is 0.877. The monoisotopic (exact) mass is 418 g/mol. The van der Waals surface area contributed by atoms with Crippen LogP contribution in [0.25, 0.3) is 0 Å². The van der Waals surface area contributed by atoms with Crippen LogP contribution in [0, 0.1) is 11.8 Å². The Morgan fingerprint density at radius 1 is 0.483 bits per heavy atom. The normalized spacial score (nSPS) is 9.31. The molecule has 0 spiro atoms. The highest BCUT2D eigenvalue weighted by atomic mass is 16.6. The zero-order valence-electron chi connectivity index (χ0n) is 18.7. The van der Waals surface area contributed by atoms with E-state index in [1.165, 1.54) is 0 Å². The van der Waals surface area contributed by atoms with Crippen molar-refractivity contribution in [2.24, 2.45) is 11.8 Å². The van der Waals surface area contributed by atoms with Gasteiger partial charge in [-0.15, -0.1) is 0 Å². The van der Waals surface area contributed by atoms with Crippen molar-refractivity contribution in [3.63, 3.8) is 0 Å². The van der Waals surface area contributed by atoms with Crippen molar-refractivity contribution in [3.8, 4) is 0 Å². The largest absolute Gasteiger partial charge is 0.393 e. The van der Waals surface area contributed by atoms with Crippen LogP contribution in [0.1, 0.15) is 81.1 Å². The molecule has 9 heteroatoms. The predicted octanol–water partition coefficient (Wildman–Crippen LogP) is 3.12. The minimum atomic E-state index is -0.457. The number of hydrogen-bond donors (Lipinski definition) is 0. The number of ether oxygens (including phenoxy) is 3. The van der Waals surface area contributed by atoms with E-state index in [0.29, 0.717) is 0 Å². The van der Waals surface area contributed by atoms with Gasteiger partial charge in [0, 0.05) is 25.7 Å². The molecule has 0 fully saturated rings. The highest BCUT2D eigenvalue weighted by Gasteiger charge is 2.16. The van der Waals surface area contributed by atoms with Gasteiger partial charge in [0.25, 0.3) is 0 Å². The van der Waals surface area contributed by atoms with Gasteiger partial charge in [0.1, 0.15) is 0 Å². The molecule has 0 aliphatic heterocycles. The molecule has 0 saturated carbocycles. The molecule has 0 N–H and O–H groups in total. The number of rotatable bonds is 6. The Hall–Kier alpha value is -2.58. The fourth-order valence-corrected chi connectivity index (χ4v) is 0.877. The zero-order chi connectivity index (χ0) is 23.6. The summed E-state index contributed by atoms with van der Waals surface area (Å²) >= 11 is 0. The molecule has 0 aromatic heterocycles. The smallest absolute Gasteiger partial charge is 0.316 e. The molecular weight excluding hydrogens is 384 g/mol. The lowest BCUT2D eigenvalue weighted by molar-refractivity contribution is -0.164. The van der Waals surface area contributed by atoms with E-state index in [2.05, 4.69) is 14.2 Å². The number of hydrogen-bond acceptors (Lipinski definition) is 9. The molecule has 168 valence electrons. The van der Waals surface area contributed by atoms with Crippen molar-refractivity contribution in [1.29, 1.82) is 0 Å². The van der Waals surface area contributed by atoms with E-state index in [1.807, 2.05) is 0 Å². The number of carbonyl (C=O) groups is 6. The molecule has 0 amide bonds. The molecule has 0 rings (SSSR count). The molecule has 9 nitrogen and oxygen atoms in total. The first kappa shape index (κ1) is 31.1. The average Bonchev–Trinajstić information content (AvgIpc) is 2.67. The van der Waals surface area contributed by atoms with Crippen molar-refractivity contribution in [2.45, 2.75) is 81.1 Å². The van der Waals surface area contributed by atoms with Gasteiger partial charge in [0.15, 0.2) is 0 Å². The highest BCUT2D eigenvalue weighted by molar-refractivity contribution is 5.87. The first-order valence-corrected chi connectivity index (χ1v) is 9.58. The van der Waals surface area contributed by atoms with Gasteiger partial charge in [-0.25, -0.2) is 0 Å². The summed E-state index contributed by atoms with van der Waals surface area (Å²) in [7, 11) is 0. The fraction of sp³-hybridized carbons (Fsp3) is 0.700. The maximum absolute atomic E-state index is 10.8. The summed E-state index contributed by atoms with van der Waals surface area (Å²) in [6.07, 6.45) is 1.02. The van der Waals surface area contributed by atoms with Gasteiger partial charge in [-0.05, 0) is 0 Å². The maximum Gasteiger partial charge on any atom is 0.316 e. The Labute approximate surface area is 172 Å². The van der Waals surface area contributed by atoms with Crippen LogP contribution in [0.2, 0.25) is 0 Å². The standard InChI is InChI=1S/C8H14O3.2C6H10O3/c1-5(2)7(9)11-8(10)6(3)4;2*1-3-5(7)9-6(8)4-2/h5-6H,1-4H3;2*3-4H2,1-2H3. The average molecular weight is 418 g/mol. The van der Waals surface area contributed by atoms with Crippen LogP contribution in [-0.2, 0) is 43.0 Å². The second-order valence-electron chi connectivity index (χ2n) is 6.16. The summed E-state index contributed by atoms with van der Waals surface area (Å²) in [5, 5.41) is 0. The molecule has 0 aromatic carbocycles. The van der Waals surface area contributed by atoms with Crippen LogP contribution in [0.4, 0.5) is 0 Å². The van der Waals surface area contributed by atoms with Crippen molar-refractivity contribution in [2.75, 3.05) is 0 Å². The minimum absolute atomic E-state index is 0.238. The van der Waals surface area contributed by atoms with E-state index in [9.17, 15) is 28.8 Å². The second-order valence-corrected chi connectivity index (χ2v) is 6.16. The number of carbonyl (C=O) groups excluding carboxylic acids is 6. The van der Waals surface area contributed by atoms with Crippen molar-refractivity contribution >= 4 is 35.8 Å². The van der Waals surface area contributed by atoms with E-state index in [-0.39, 0.29) is 37.5 Å². The third kappa shape index (κ3) is 21.6. The maximum atomic E-state index is 10.8. The molecule has 0 aliphatic carbocycles. The van der Waals surface area contributed by atoms with Gasteiger partial charge in [-0.2, -0.15) is 0 Å². The molecule has 0 atom stereocenters. The lowest BCUT2D eigenvalue weighted by Gasteiger charge is -2.06. The minimum Gasteiger partial charge on any atom is -0.393 e. The summed E-state index contributed by atoms with van der Waals surface area (Å²) < 4.78 is 13.0. The SMILES string of the molecule is CC(C)C(=O)OC(=O)C(C)C.CCC(=O)OC(=O)CC.CCC(=O)OC(=O)CC. The molecule has 0 heterocycles. The predicted molar refractivity (Wildman–Crippen MR) is 104 cm³/mol. The third-order valence-corrected chi connectivity index (χ3v) is 2.75. The van der Waals surface area contributed by atoms with Crippen LogP contribution in [0.15, 0.2) is 0 Å². The molecule has 0 radical (unpaired) electrons. The topological polar surface area (TPSA) is 130 Å². The molecule has 0 bridgehead atoms. The highest BCUT2D eigenvalue weighted by Crippen LogP contribution is 2.01. The Balaban J connectivity index is -0.000000352. The molecule has 0 saturated heterocycles. The molecule has 0 aliphatic rings.